The molecule has 0 unspecified atom stereocenters. The maximum absolute atomic E-state index is 13.5. The molecule has 0 radical (unpaired) electrons. The van der Waals surface area contributed by atoms with E-state index < -0.39 is 11.9 Å². The molecule has 10 heteroatoms. The van der Waals surface area contributed by atoms with E-state index >= 15 is 0 Å². The first kappa shape index (κ1) is 27.9. The van der Waals surface area contributed by atoms with Crippen molar-refractivity contribution in [2.24, 2.45) is 5.10 Å². The summed E-state index contributed by atoms with van der Waals surface area (Å²) in [6, 6.07) is 24.5. The molecular formula is C31H23BrClN3O5. The fourth-order valence-electron chi connectivity index (χ4n) is 4.33. The van der Waals surface area contributed by atoms with E-state index in [0.29, 0.717) is 44.1 Å². The smallest absolute Gasteiger partial charge is 0.343 e. The fourth-order valence-corrected chi connectivity index (χ4v) is 4.83. The molecule has 0 atom stereocenters. The summed E-state index contributed by atoms with van der Waals surface area (Å²) in [5, 5.41) is 5.38. The maximum Gasteiger partial charge on any atom is 0.343 e. The van der Waals surface area contributed by atoms with Gasteiger partial charge in [0.1, 0.15) is 22.9 Å². The third-order valence-corrected chi connectivity index (χ3v) is 6.98. The molecule has 5 aromatic rings. The Balaban J connectivity index is 1.46. The van der Waals surface area contributed by atoms with E-state index in [4.69, 9.17) is 25.8 Å². The Labute approximate surface area is 249 Å². The van der Waals surface area contributed by atoms with E-state index in [2.05, 4.69) is 31.4 Å². The highest BCUT2D eigenvalue weighted by Crippen LogP contribution is 2.42. The number of H-pyrrole nitrogens is 1. The Morgan fingerprint density at radius 3 is 2.29 bits per heavy atom. The normalized spacial score (nSPS) is 11.0. The van der Waals surface area contributed by atoms with Crippen molar-refractivity contribution < 1.29 is 23.8 Å². The van der Waals surface area contributed by atoms with Crippen molar-refractivity contribution in [2.45, 2.75) is 0 Å². The van der Waals surface area contributed by atoms with Gasteiger partial charge in [-0.25, -0.2) is 10.2 Å². The van der Waals surface area contributed by atoms with Crippen molar-refractivity contribution in [1.82, 2.24) is 10.4 Å². The number of hydrazone groups is 1. The van der Waals surface area contributed by atoms with E-state index in [-0.39, 0.29) is 11.4 Å². The van der Waals surface area contributed by atoms with Gasteiger partial charge >= 0.3 is 5.97 Å². The molecule has 1 amide bonds. The molecular weight excluding hydrogens is 610 g/mol. The molecule has 0 fully saturated rings. The highest BCUT2D eigenvalue weighted by molar-refractivity contribution is 9.10. The SMILES string of the molecule is COc1ccc(OC)c2c(-c3ccccc3)c(C(=O)NN=Cc3cc(Br)ccc3OC(=O)c3ccc(Cl)cc3)[nH]c12. The van der Waals surface area contributed by atoms with Crippen molar-refractivity contribution in [3.63, 3.8) is 0 Å². The average molecular weight is 633 g/mol. The lowest BCUT2D eigenvalue weighted by Gasteiger charge is -2.09. The van der Waals surface area contributed by atoms with Gasteiger partial charge in [-0.2, -0.15) is 5.10 Å². The molecule has 0 aliphatic carbocycles. The molecule has 0 spiro atoms. The van der Waals surface area contributed by atoms with Gasteiger partial charge in [0.05, 0.1) is 36.9 Å². The summed E-state index contributed by atoms with van der Waals surface area (Å²) in [6.45, 7) is 0. The molecule has 5 rings (SSSR count). The Bertz CT molecular complexity index is 1770. The van der Waals surface area contributed by atoms with Crippen LogP contribution in [-0.4, -0.2) is 37.3 Å². The molecule has 206 valence electrons. The largest absolute Gasteiger partial charge is 0.496 e. The number of fused-ring (bicyclic) bond motifs is 1. The third-order valence-electron chi connectivity index (χ3n) is 6.23. The van der Waals surface area contributed by atoms with Crippen LogP contribution in [0.15, 0.2) is 94.5 Å². The quantitative estimate of drug-likeness (QED) is 0.0812. The lowest BCUT2D eigenvalue weighted by atomic mass is 10.0. The van der Waals surface area contributed by atoms with Crippen LogP contribution in [0.1, 0.15) is 26.4 Å². The molecule has 41 heavy (non-hydrogen) atoms. The number of esters is 1. The number of benzene rings is 4. The zero-order valence-corrected chi connectivity index (χ0v) is 24.2. The Morgan fingerprint density at radius 2 is 1.59 bits per heavy atom. The maximum atomic E-state index is 13.5. The van der Waals surface area contributed by atoms with E-state index in [1.165, 1.54) is 6.21 Å². The first-order valence-electron chi connectivity index (χ1n) is 12.3. The van der Waals surface area contributed by atoms with Gasteiger partial charge < -0.3 is 19.2 Å². The summed E-state index contributed by atoms with van der Waals surface area (Å²) < 4.78 is 17.5. The molecule has 1 heterocycles. The van der Waals surface area contributed by atoms with Crippen molar-refractivity contribution in [2.75, 3.05) is 14.2 Å². The van der Waals surface area contributed by atoms with E-state index in [1.807, 2.05) is 30.3 Å². The van der Waals surface area contributed by atoms with Crippen LogP contribution in [-0.2, 0) is 0 Å². The van der Waals surface area contributed by atoms with Crippen molar-refractivity contribution in [3.05, 3.63) is 111 Å². The van der Waals surface area contributed by atoms with Gasteiger partial charge in [-0.05, 0) is 60.2 Å². The molecule has 1 aromatic heterocycles. The minimum atomic E-state index is -0.559. The molecule has 2 N–H and O–H groups in total. The average Bonchev–Trinajstić information content (AvgIpc) is 3.40. The van der Waals surface area contributed by atoms with Crippen LogP contribution in [0.5, 0.6) is 17.2 Å². The number of amides is 1. The van der Waals surface area contributed by atoms with Crippen molar-refractivity contribution in [1.29, 1.82) is 0 Å². The highest BCUT2D eigenvalue weighted by atomic mass is 79.9. The molecule has 8 nitrogen and oxygen atoms in total. The van der Waals surface area contributed by atoms with Crippen molar-refractivity contribution in [3.8, 4) is 28.4 Å². The summed E-state index contributed by atoms with van der Waals surface area (Å²) >= 11 is 9.34. The summed E-state index contributed by atoms with van der Waals surface area (Å²) in [5.41, 5.74) is 5.72. The summed E-state index contributed by atoms with van der Waals surface area (Å²) in [7, 11) is 3.13. The Hall–Kier alpha value is -4.60. The number of hydrogen-bond acceptors (Lipinski definition) is 6. The molecule has 0 aliphatic rings. The van der Waals surface area contributed by atoms with Crippen LogP contribution in [0.3, 0.4) is 0 Å². The molecule has 0 saturated heterocycles. The summed E-state index contributed by atoms with van der Waals surface area (Å²) in [5.74, 6) is 0.351. The summed E-state index contributed by atoms with van der Waals surface area (Å²) in [6.07, 6.45) is 1.40. The second-order valence-electron chi connectivity index (χ2n) is 8.74. The van der Waals surface area contributed by atoms with E-state index in [1.54, 1.807) is 68.8 Å². The monoisotopic (exact) mass is 631 g/mol. The first-order valence-corrected chi connectivity index (χ1v) is 13.5. The number of carbonyl (C=O) groups excluding carboxylic acids is 2. The zero-order chi connectivity index (χ0) is 28.9. The van der Waals surface area contributed by atoms with Gasteiger partial charge in [0.25, 0.3) is 5.91 Å². The number of hydrogen-bond donors (Lipinski definition) is 2. The molecule has 0 bridgehead atoms. The number of nitrogens with zero attached hydrogens (tertiary/aromatic N) is 1. The van der Waals surface area contributed by atoms with Crippen LogP contribution in [0.2, 0.25) is 5.02 Å². The van der Waals surface area contributed by atoms with Crippen molar-refractivity contribution >= 4 is 56.5 Å². The number of nitrogens with one attached hydrogen (secondary N) is 2. The number of ether oxygens (including phenoxy) is 3. The topological polar surface area (TPSA) is 102 Å². The lowest BCUT2D eigenvalue weighted by Crippen LogP contribution is -2.19. The molecule has 0 aliphatic heterocycles. The highest BCUT2D eigenvalue weighted by Gasteiger charge is 2.24. The number of aromatic amines is 1. The Kier molecular flexibility index (Phi) is 8.37. The Morgan fingerprint density at radius 1 is 0.902 bits per heavy atom. The van der Waals surface area contributed by atoms with Crippen LogP contribution in [0.25, 0.3) is 22.0 Å². The van der Waals surface area contributed by atoms with Crippen LogP contribution in [0, 0.1) is 0 Å². The molecule has 0 saturated carbocycles. The second-order valence-corrected chi connectivity index (χ2v) is 10.1. The van der Waals surface area contributed by atoms with Gasteiger partial charge in [-0.15, -0.1) is 0 Å². The predicted octanol–water partition coefficient (Wildman–Crippen LogP) is 7.25. The number of carbonyl (C=O) groups is 2. The van der Waals surface area contributed by atoms with Gasteiger partial charge in [-0.3, -0.25) is 4.79 Å². The molecule has 4 aromatic carbocycles. The van der Waals surface area contributed by atoms with Gasteiger partial charge in [0, 0.05) is 20.6 Å². The number of halogens is 2. The van der Waals surface area contributed by atoms with Gasteiger partial charge in [-0.1, -0.05) is 57.9 Å². The van der Waals surface area contributed by atoms with E-state index in [0.717, 1.165) is 10.0 Å². The lowest BCUT2D eigenvalue weighted by molar-refractivity contribution is 0.0734. The zero-order valence-electron chi connectivity index (χ0n) is 21.9. The predicted molar refractivity (Wildman–Crippen MR) is 162 cm³/mol. The van der Waals surface area contributed by atoms with Gasteiger partial charge in [0.15, 0.2) is 0 Å². The standard InChI is InChI=1S/C31H23BrClN3O5/c1-39-24-14-15-25(40-2)28-27(24)26(18-6-4-3-5-7-18)29(35-28)30(37)36-34-17-20-16-21(32)10-13-23(20)41-31(38)19-8-11-22(33)12-9-19/h3-17,35H,1-2H3,(H,36,37). The van der Waals surface area contributed by atoms with Crippen LogP contribution < -0.4 is 19.6 Å². The fraction of sp³-hybridized carbons (Fsp3) is 0.0645. The third kappa shape index (κ3) is 5.96. The van der Waals surface area contributed by atoms with Gasteiger partial charge in [0.2, 0.25) is 0 Å². The first-order chi connectivity index (χ1) is 19.9. The number of methoxy groups -OCH3 is 2. The minimum absolute atomic E-state index is 0.260. The van der Waals surface area contributed by atoms with E-state index in [9.17, 15) is 9.59 Å². The number of aromatic nitrogens is 1. The van der Waals surface area contributed by atoms with Crippen LogP contribution >= 0.6 is 27.5 Å². The second kappa shape index (κ2) is 12.3. The number of rotatable bonds is 8. The van der Waals surface area contributed by atoms with Crippen LogP contribution in [0.4, 0.5) is 0 Å². The summed E-state index contributed by atoms with van der Waals surface area (Å²) in [4.78, 5) is 29.4. The minimum Gasteiger partial charge on any atom is -0.496 e.